The molecule has 1 heterocycles. The molecule has 4 nitrogen and oxygen atoms in total. The van der Waals surface area contributed by atoms with Gasteiger partial charge in [0.05, 0.1) is 22.1 Å². The summed E-state index contributed by atoms with van der Waals surface area (Å²) in [5.41, 5.74) is 12.8. The van der Waals surface area contributed by atoms with E-state index in [-0.39, 0.29) is 22.1 Å². The first kappa shape index (κ1) is 13.9. The smallest absolute Gasteiger partial charge is 0.169 e. The summed E-state index contributed by atoms with van der Waals surface area (Å²) in [6.45, 7) is 2.46. The lowest BCUT2D eigenvalue weighted by atomic mass is 10.2. The van der Waals surface area contributed by atoms with Crippen LogP contribution in [0.3, 0.4) is 0 Å². The quantitative estimate of drug-likeness (QED) is 0.758. The van der Waals surface area contributed by atoms with Crippen LogP contribution in [0.5, 0.6) is 0 Å². The van der Waals surface area contributed by atoms with E-state index in [4.69, 9.17) is 23.1 Å². The Labute approximate surface area is 119 Å². The number of aryl methyl sites for hydroxylation is 1. The number of nitrogens with one attached hydrogen (secondary N) is 1. The number of nitrogen functional groups attached to an aromatic ring is 2. The fourth-order valence-electron chi connectivity index (χ4n) is 1.66. The molecule has 0 saturated carbocycles. The zero-order valence-electron chi connectivity index (χ0n) is 10.3. The van der Waals surface area contributed by atoms with Gasteiger partial charge in [-0.15, -0.1) is 11.3 Å². The number of benzene rings is 1. The normalized spacial score (nSPS) is 10.7. The number of aromatic nitrogens is 1. The second-order valence-corrected chi connectivity index (χ2v) is 5.44. The molecule has 0 atom stereocenters. The largest absolute Gasteiger partial charge is 0.397 e. The zero-order valence-corrected chi connectivity index (χ0v) is 11.9. The molecule has 0 spiro atoms. The molecule has 0 aliphatic carbocycles. The number of thiazole rings is 1. The highest BCUT2D eigenvalue weighted by Gasteiger charge is 2.13. The summed E-state index contributed by atoms with van der Waals surface area (Å²) in [6, 6.07) is 1.45. The number of nitrogens with zero attached hydrogens (tertiary/aromatic N) is 1. The third-order valence-corrected chi connectivity index (χ3v) is 3.98. The molecule has 0 radical (unpaired) electrons. The third kappa shape index (κ3) is 3.08. The van der Waals surface area contributed by atoms with Crippen LogP contribution in [0.4, 0.5) is 21.5 Å². The molecular weight excluding hydrogens is 287 g/mol. The Hall–Kier alpha value is -1.53. The maximum absolute atomic E-state index is 13.9. The summed E-state index contributed by atoms with van der Waals surface area (Å²) < 4.78 is 13.9. The van der Waals surface area contributed by atoms with E-state index in [0.29, 0.717) is 13.0 Å². The monoisotopic (exact) mass is 300 g/mol. The van der Waals surface area contributed by atoms with Crippen LogP contribution in [-0.2, 0) is 6.42 Å². The third-order valence-electron chi connectivity index (χ3n) is 2.57. The minimum Gasteiger partial charge on any atom is -0.397 e. The molecule has 1 aromatic heterocycles. The summed E-state index contributed by atoms with van der Waals surface area (Å²) >= 11 is 7.32. The summed E-state index contributed by atoms with van der Waals surface area (Å²) in [4.78, 5) is 4.33. The van der Waals surface area contributed by atoms with Gasteiger partial charge in [-0.1, -0.05) is 11.6 Å². The lowest BCUT2D eigenvalue weighted by Gasteiger charge is -2.12. The Morgan fingerprint density at radius 3 is 2.79 bits per heavy atom. The Kier molecular flexibility index (Phi) is 4.11. The van der Waals surface area contributed by atoms with Gasteiger partial charge >= 0.3 is 0 Å². The Balaban J connectivity index is 2.05. The number of rotatable bonds is 4. The predicted molar refractivity (Wildman–Crippen MR) is 79.3 cm³/mol. The summed E-state index contributed by atoms with van der Waals surface area (Å²) in [5, 5.41) is 5.79. The van der Waals surface area contributed by atoms with E-state index in [1.54, 1.807) is 11.3 Å². The van der Waals surface area contributed by atoms with Crippen LogP contribution >= 0.6 is 22.9 Å². The standard InChI is InChI=1S/C12H14ClFN4S/c1-6-5-19-9(18-6)2-3-17-12-8(16)4-7(15)10(13)11(12)14/h4-5,17H,2-3,15-16H2,1H3. The SMILES string of the molecule is Cc1csc(CCNc2c(N)cc(N)c(Cl)c2F)n1. The highest BCUT2D eigenvalue weighted by Crippen LogP contribution is 2.33. The fraction of sp³-hybridized carbons (Fsp3) is 0.250. The van der Waals surface area contributed by atoms with Gasteiger partial charge in [0, 0.05) is 24.0 Å². The van der Waals surface area contributed by atoms with Crippen molar-refractivity contribution in [2.75, 3.05) is 23.3 Å². The molecule has 0 amide bonds. The molecule has 102 valence electrons. The van der Waals surface area contributed by atoms with Crippen molar-refractivity contribution in [1.82, 2.24) is 4.98 Å². The van der Waals surface area contributed by atoms with Gasteiger partial charge in [-0.25, -0.2) is 9.37 Å². The van der Waals surface area contributed by atoms with E-state index < -0.39 is 5.82 Å². The first-order chi connectivity index (χ1) is 8.99. The van der Waals surface area contributed by atoms with Gasteiger partial charge in [0.15, 0.2) is 5.82 Å². The highest BCUT2D eigenvalue weighted by molar-refractivity contribution is 7.09. The number of anilines is 3. The minimum atomic E-state index is -0.616. The second-order valence-electron chi connectivity index (χ2n) is 4.12. The summed E-state index contributed by atoms with van der Waals surface area (Å²) in [5.74, 6) is -0.616. The molecule has 0 bridgehead atoms. The number of halogens is 2. The van der Waals surface area contributed by atoms with Crippen LogP contribution in [0.25, 0.3) is 0 Å². The van der Waals surface area contributed by atoms with E-state index in [1.807, 2.05) is 12.3 Å². The topological polar surface area (TPSA) is 77.0 Å². The van der Waals surface area contributed by atoms with Gasteiger partial charge < -0.3 is 16.8 Å². The average Bonchev–Trinajstić information content (AvgIpc) is 2.77. The van der Waals surface area contributed by atoms with Crippen LogP contribution in [0.15, 0.2) is 11.4 Å². The first-order valence-corrected chi connectivity index (χ1v) is 6.92. The number of hydrogen-bond donors (Lipinski definition) is 3. The summed E-state index contributed by atoms with van der Waals surface area (Å²) in [6.07, 6.45) is 0.694. The van der Waals surface area contributed by atoms with Crippen molar-refractivity contribution in [3.8, 4) is 0 Å². The Morgan fingerprint density at radius 1 is 1.42 bits per heavy atom. The highest BCUT2D eigenvalue weighted by atomic mass is 35.5. The zero-order chi connectivity index (χ0) is 14.0. The van der Waals surface area contributed by atoms with Crippen molar-refractivity contribution in [2.24, 2.45) is 0 Å². The molecule has 5 N–H and O–H groups in total. The lowest BCUT2D eigenvalue weighted by Crippen LogP contribution is -2.09. The predicted octanol–water partition coefficient (Wildman–Crippen LogP) is 3.06. The van der Waals surface area contributed by atoms with E-state index >= 15 is 0 Å². The fourth-order valence-corrected chi connectivity index (χ4v) is 2.58. The molecule has 7 heteroatoms. The van der Waals surface area contributed by atoms with E-state index in [1.165, 1.54) is 6.07 Å². The van der Waals surface area contributed by atoms with E-state index in [9.17, 15) is 4.39 Å². The van der Waals surface area contributed by atoms with Crippen molar-refractivity contribution >= 4 is 40.0 Å². The maximum Gasteiger partial charge on any atom is 0.169 e. The van der Waals surface area contributed by atoms with Crippen molar-refractivity contribution in [3.05, 3.63) is 33.0 Å². The molecule has 0 fully saturated rings. The van der Waals surface area contributed by atoms with Crippen LogP contribution in [0.1, 0.15) is 10.7 Å². The van der Waals surface area contributed by atoms with Gasteiger partial charge in [-0.05, 0) is 13.0 Å². The second kappa shape index (κ2) is 5.63. The van der Waals surface area contributed by atoms with Gasteiger partial charge in [0.1, 0.15) is 5.02 Å². The van der Waals surface area contributed by atoms with Crippen molar-refractivity contribution in [2.45, 2.75) is 13.3 Å². The van der Waals surface area contributed by atoms with E-state index in [0.717, 1.165) is 10.7 Å². The van der Waals surface area contributed by atoms with E-state index in [2.05, 4.69) is 10.3 Å². The minimum absolute atomic E-state index is 0.109. The van der Waals surface area contributed by atoms with Gasteiger partial charge in [-0.3, -0.25) is 0 Å². The molecule has 2 rings (SSSR count). The van der Waals surface area contributed by atoms with Crippen molar-refractivity contribution in [1.29, 1.82) is 0 Å². The van der Waals surface area contributed by atoms with Gasteiger partial charge in [0.25, 0.3) is 0 Å². The molecule has 0 aliphatic heterocycles. The van der Waals surface area contributed by atoms with Gasteiger partial charge in [-0.2, -0.15) is 0 Å². The molecule has 1 aromatic carbocycles. The molecule has 0 saturated heterocycles. The van der Waals surface area contributed by atoms with Crippen molar-refractivity contribution < 1.29 is 4.39 Å². The number of hydrogen-bond acceptors (Lipinski definition) is 5. The summed E-state index contributed by atoms with van der Waals surface area (Å²) in [7, 11) is 0. The molecular formula is C12H14ClFN4S. The van der Waals surface area contributed by atoms with Crippen LogP contribution in [-0.4, -0.2) is 11.5 Å². The molecule has 0 aliphatic rings. The number of nitrogens with two attached hydrogens (primary N) is 2. The van der Waals surface area contributed by atoms with Crippen molar-refractivity contribution in [3.63, 3.8) is 0 Å². The Morgan fingerprint density at radius 2 is 2.16 bits per heavy atom. The van der Waals surface area contributed by atoms with Crippen LogP contribution in [0.2, 0.25) is 5.02 Å². The molecule has 2 aromatic rings. The first-order valence-electron chi connectivity index (χ1n) is 5.67. The molecule has 0 unspecified atom stereocenters. The molecule has 19 heavy (non-hydrogen) atoms. The lowest BCUT2D eigenvalue weighted by molar-refractivity contribution is 0.631. The Bertz CT molecular complexity index is 600. The van der Waals surface area contributed by atoms with Crippen LogP contribution < -0.4 is 16.8 Å². The van der Waals surface area contributed by atoms with Gasteiger partial charge in [0.2, 0.25) is 0 Å². The van der Waals surface area contributed by atoms with Crippen LogP contribution in [0, 0.1) is 12.7 Å². The average molecular weight is 301 g/mol. The maximum atomic E-state index is 13.9.